The lowest BCUT2D eigenvalue weighted by molar-refractivity contribution is -0.144. The van der Waals surface area contributed by atoms with E-state index in [2.05, 4.69) is 14.8 Å². The summed E-state index contributed by atoms with van der Waals surface area (Å²) >= 11 is 5.99. The summed E-state index contributed by atoms with van der Waals surface area (Å²) in [6.07, 6.45) is -0.286. The van der Waals surface area contributed by atoms with Gasteiger partial charge in [-0.25, -0.2) is 19.1 Å². The molecular weight excluding hydrogens is 474 g/mol. The molecule has 0 aliphatic rings. The number of nitrogen functional groups attached to an aromatic ring is 1. The highest BCUT2D eigenvalue weighted by molar-refractivity contribution is 6.30. The number of nitrogens with one attached hydrogen (secondary N) is 1. The zero-order valence-corrected chi connectivity index (χ0v) is 19.9. The first kappa shape index (κ1) is 24.0. The van der Waals surface area contributed by atoms with Crippen LogP contribution in [-0.4, -0.2) is 24.8 Å². The van der Waals surface area contributed by atoms with Crippen molar-refractivity contribution in [3.05, 3.63) is 90.9 Å². The Morgan fingerprint density at radius 3 is 2.49 bits per heavy atom. The predicted molar refractivity (Wildman–Crippen MR) is 132 cm³/mol. The molecule has 2 aromatic heterocycles. The first-order chi connectivity index (χ1) is 16.7. The molecule has 12 heteroatoms. The van der Waals surface area contributed by atoms with Crippen LogP contribution in [0.5, 0.6) is 0 Å². The molecule has 35 heavy (non-hydrogen) atoms. The summed E-state index contributed by atoms with van der Waals surface area (Å²) in [6.45, 7) is 3.76. The van der Waals surface area contributed by atoms with E-state index in [0.29, 0.717) is 10.7 Å². The van der Waals surface area contributed by atoms with Gasteiger partial charge >= 0.3 is 17.3 Å². The van der Waals surface area contributed by atoms with E-state index in [0.717, 1.165) is 37.0 Å². The summed E-state index contributed by atoms with van der Waals surface area (Å²) in [4.78, 5) is 49.8. The van der Waals surface area contributed by atoms with Gasteiger partial charge in [0.05, 0.1) is 18.7 Å². The molecule has 0 saturated heterocycles. The second-order valence-electron chi connectivity index (χ2n) is 8.06. The minimum atomic E-state index is -0.833. The van der Waals surface area contributed by atoms with Gasteiger partial charge in [0, 0.05) is 28.2 Å². The highest BCUT2D eigenvalue weighted by Crippen LogP contribution is 2.25. The average molecular weight is 498 g/mol. The standard InChI is InChI=1S/C23H24ClN7O4/c1-13-14(2)27-19-8-7-17(11-18(13)19)28-21-30(12-15-3-5-16(24)6-4-15)22(33)29(23(34)31(21)25)10-9-20(32)35-26/h3-8,11,27H,9-10,12,25-26H2,1-2H3. The maximum absolute atomic E-state index is 13.4. The van der Waals surface area contributed by atoms with Crippen LogP contribution in [0.15, 0.2) is 57.0 Å². The van der Waals surface area contributed by atoms with Gasteiger partial charge in [-0.1, -0.05) is 23.7 Å². The molecule has 4 rings (SSSR count). The Morgan fingerprint density at radius 2 is 1.80 bits per heavy atom. The van der Waals surface area contributed by atoms with Crippen molar-refractivity contribution in [3.8, 4) is 0 Å². The van der Waals surface area contributed by atoms with E-state index >= 15 is 0 Å². The molecule has 4 aromatic rings. The number of nitrogens with zero attached hydrogens (tertiary/aromatic N) is 4. The van der Waals surface area contributed by atoms with E-state index in [1.165, 1.54) is 4.57 Å². The topological polar surface area (TPSA) is 155 Å². The van der Waals surface area contributed by atoms with Crippen molar-refractivity contribution in [1.29, 1.82) is 0 Å². The summed E-state index contributed by atoms with van der Waals surface area (Å²) < 4.78 is 2.89. The molecule has 182 valence electrons. The van der Waals surface area contributed by atoms with Gasteiger partial charge in [0.1, 0.15) is 0 Å². The zero-order valence-electron chi connectivity index (χ0n) is 19.1. The van der Waals surface area contributed by atoms with Gasteiger partial charge in [0.15, 0.2) is 0 Å². The van der Waals surface area contributed by atoms with E-state index in [-0.39, 0.29) is 25.1 Å². The fraction of sp³-hybridized carbons (Fsp3) is 0.217. The number of carbonyl (C=O) groups excluding carboxylic acids is 1. The third kappa shape index (κ3) is 4.77. The van der Waals surface area contributed by atoms with Crippen LogP contribution in [-0.2, 0) is 22.7 Å². The molecule has 0 aliphatic carbocycles. The van der Waals surface area contributed by atoms with Crippen LogP contribution in [0.25, 0.3) is 10.9 Å². The van der Waals surface area contributed by atoms with Gasteiger partial charge in [0.2, 0.25) is 5.62 Å². The van der Waals surface area contributed by atoms with Gasteiger partial charge in [-0.2, -0.15) is 10.6 Å². The normalized spacial score (nSPS) is 11.8. The number of aryl methyl sites for hydroxylation is 2. The first-order valence-electron chi connectivity index (χ1n) is 10.7. The Balaban J connectivity index is 1.93. The SMILES string of the molecule is Cc1[nH]c2ccc(N=c3n(N)c(=O)n(CCC(=O)ON)c(=O)n3Cc3ccc(Cl)cc3)cc2c1C. The molecule has 0 spiro atoms. The van der Waals surface area contributed by atoms with Gasteiger partial charge < -0.3 is 15.7 Å². The van der Waals surface area contributed by atoms with E-state index in [4.69, 9.17) is 23.3 Å². The van der Waals surface area contributed by atoms with Crippen molar-refractivity contribution in [2.24, 2.45) is 10.9 Å². The molecular formula is C23H24ClN7O4. The van der Waals surface area contributed by atoms with Crippen molar-refractivity contribution >= 4 is 34.2 Å². The third-order valence-electron chi connectivity index (χ3n) is 5.80. The number of aromatic nitrogens is 4. The Hall–Kier alpha value is -4.09. The molecule has 5 N–H and O–H groups in total. The molecule has 0 radical (unpaired) electrons. The van der Waals surface area contributed by atoms with Crippen LogP contribution in [0, 0.1) is 13.8 Å². The summed E-state index contributed by atoms with van der Waals surface area (Å²) in [5.74, 6) is 10.2. The molecule has 0 saturated carbocycles. The average Bonchev–Trinajstić information content (AvgIpc) is 3.13. The molecule has 0 aliphatic heterocycles. The quantitative estimate of drug-likeness (QED) is 0.270. The van der Waals surface area contributed by atoms with E-state index in [9.17, 15) is 14.4 Å². The number of H-pyrrole nitrogens is 1. The second-order valence-corrected chi connectivity index (χ2v) is 8.49. The monoisotopic (exact) mass is 497 g/mol. The first-order valence-corrected chi connectivity index (χ1v) is 11.1. The number of nitrogens with two attached hydrogens (primary N) is 2. The van der Waals surface area contributed by atoms with Crippen molar-refractivity contribution in [1.82, 2.24) is 18.8 Å². The largest absolute Gasteiger partial charge is 0.373 e. The number of fused-ring (bicyclic) bond motifs is 1. The number of rotatable bonds is 6. The van der Waals surface area contributed by atoms with E-state index in [1.54, 1.807) is 30.3 Å². The van der Waals surface area contributed by atoms with Crippen LogP contribution >= 0.6 is 11.6 Å². The molecule has 0 bridgehead atoms. The lowest BCUT2D eigenvalue weighted by atomic mass is 10.1. The van der Waals surface area contributed by atoms with E-state index in [1.807, 2.05) is 26.0 Å². The Labute approximate surface area is 203 Å². The third-order valence-corrected chi connectivity index (χ3v) is 6.05. The molecule has 2 heterocycles. The molecule has 0 fully saturated rings. The molecule has 0 amide bonds. The smallest absolute Gasteiger partial charge is 0.353 e. The van der Waals surface area contributed by atoms with Crippen molar-refractivity contribution in [2.45, 2.75) is 33.4 Å². The van der Waals surface area contributed by atoms with Gasteiger partial charge in [-0.15, -0.1) is 0 Å². The van der Waals surface area contributed by atoms with Gasteiger partial charge in [0.25, 0.3) is 0 Å². The van der Waals surface area contributed by atoms with E-state index < -0.39 is 17.3 Å². The molecule has 0 unspecified atom stereocenters. The number of aromatic amines is 1. The van der Waals surface area contributed by atoms with Crippen molar-refractivity contribution in [2.75, 3.05) is 5.84 Å². The summed E-state index contributed by atoms with van der Waals surface area (Å²) in [7, 11) is 0. The van der Waals surface area contributed by atoms with Crippen LogP contribution in [0.4, 0.5) is 5.69 Å². The Kier molecular flexibility index (Phi) is 6.63. The Bertz CT molecular complexity index is 1610. The second kappa shape index (κ2) is 9.65. The fourth-order valence-corrected chi connectivity index (χ4v) is 3.90. The highest BCUT2D eigenvalue weighted by atomic mass is 35.5. The van der Waals surface area contributed by atoms with Crippen molar-refractivity contribution in [3.63, 3.8) is 0 Å². The fourth-order valence-electron chi connectivity index (χ4n) is 3.77. The molecule has 11 nitrogen and oxygen atoms in total. The zero-order chi connectivity index (χ0) is 25.3. The number of benzene rings is 2. The molecule has 0 atom stereocenters. The number of carbonyl (C=O) groups is 1. The van der Waals surface area contributed by atoms with Gasteiger partial charge in [-0.3, -0.25) is 9.36 Å². The summed E-state index contributed by atoms with van der Waals surface area (Å²) in [5, 5.41) is 1.50. The Morgan fingerprint density at radius 1 is 1.09 bits per heavy atom. The van der Waals surface area contributed by atoms with Crippen molar-refractivity contribution < 1.29 is 9.63 Å². The van der Waals surface area contributed by atoms with Gasteiger partial charge in [-0.05, 0) is 55.3 Å². The minimum Gasteiger partial charge on any atom is -0.373 e. The maximum atomic E-state index is 13.4. The van der Waals surface area contributed by atoms with Crippen LogP contribution in [0.2, 0.25) is 5.02 Å². The maximum Gasteiger partial charge on any atom is 0.353 e. The van der Waals surface area contributed by atoms with Crippen LogP contribution in [0.1, 0.15) is 23.2 Å². The number of hydrogen-bond acceptors (Lipinski definition) is 7. The predicted octanol–water partition coefficient (Wildman–Crippen LogP) is 1.36. The summed E-state index contributed by atoms with van der Waals surface area (Å²) in [5.41, 5.74) is 2.70. The minimum absolute atomic E-state index is 0.0538. The molecule has 2 aromatic carbocycles. The number of hydrogen-bond donors (Lipinski definition) is 3. The summed E-state index contributed by atoms with van der Waals surface area (Å²) in [6, 6.07) is 12.4. The van der Waals surface area contributed by atoms with Crippen LogP contribution < -0.4 is 28.7 Å². The highest BCUT2D eigenvalue weighted by Gasteiger charge is 2.15. The lowest BCUT2D eigenvalue weighted by Crippen LogP contribution is -2.57. The van der Waals surface area contributed by atoms with Crippen LogP contribution in [0.3, 0.4) is 0 Å². The number of halogens is 1. The lowest BCUT2D eigenvalue weighted by Gasteiger charge is -2.14.